The highest BCUT2D eigenvalue weighted by Crippen LogP contribution is 2.47. The summed E-state index contributed by atoms with van der Waals surface area (Å²) in [4.78, 5) is 2.91. The van der Waals surface area contributed by atoms with E-state index in [1.54, 1.807) is 0 Å². The second-order valence-corrected chi connectivity index (χ2v) is 7.68. The summed E-state index contributed by atoms with van der Waals surface area (Å²) in [6.45, 7) is 7.09. The van der Waals surface area contributed by atoms with Crippen molar-refractivity contribution >= 4 is 0 Å². The Bertz CT molecular complexity index is 316. The Morgan fingerprint density at radius 2 is 1.89 bits per heavy atom. The van der Waals surface area contributed by atoms with Gasteiger partial charge in [0.05, 0.1) is 0 Å². The molecule has 19 heavy (non-hydrogen) atoms. The summed E-state index contributed by atoms with van der Waals surface area (Å²) in [6, 6.07) is 0.869. The van der Waals surface area contributed by atoms with Crippen LogP contribution in [0.3, 0.4) is 0 Å². The molecule has 3 rings (SSSR count). The molecule has 2 saturated carbocycles. The Hall–Kier alpha value is -0.0800. The molecule has 5 unspecified atom stereocenters. The zero-order chi connectivity index (χ0) is 13.5. The van der Waals surface area contributed by atoms with E-state index in [-0.39, 0.29) is 0 Å². The average molecular weight is 264 g/mol. The van der Waals surface area contributed by atoms with Crippen LogP contribution in [0.4, 0.5) is 0 Å². The molecule has 110 valence electrons. The predicted molar refractivity (Wildman–Crippen MR) is 81.0 cm³/mol. The van der Waals surface area contributed by atoms with Gasteiger partial charge in [0.1, 0.15) is 0 Å². The molecule has 2 aliphatic carbocycles. The van der Waals surface area contributed by atoms with Gasteiger partial charge < -0.3 is 5.73 Å². The first-order valence-electron chi connectivity index (χ1n) is 8.64. The molecule has 3 aliphatic rings. The summed E-state index contributed by atoms with van der Waals surface area (Å²) >= 11 is 0. The number of fused-ring (bicyclic) bond motifs is 1. The van der Waals surface area contributed by atoms with Crippen LogP contribution in [-0.4, -0.2) is 29.6 Å². The molecule has 0 amide bonds. The van der Waals surface area contributed by atoms with E-state index in [9.17, 15) is 0 Å². The number of hydrogen-bond donors (Lipinski definition) is 1. The normalized spacial score (nSPS) is 48.2. The molecule has 0 aromatic carbocycles. The molecule has 3 fully saturated rings. The molecule has 0 spiro atoms. The molecular formula is C17H32N2. The van der Waals surface area contributed by atoms with E-state index in [0.717, 1.165) is 30.3 Å². The topological polar surface area (TPSA) is 29.3 Å². The van der Waals surface area contributed by atoms with Crippen molar-refractivity contribution in [3.8, 4) is 0 Å². The van der Waals surface area contributed by atoms with E-state index in [1.807, 2.05) is 0 Å². The van der Waals surface area contributed by atoms with Gasteiger partial charge in [-0.2, -0.15) is 0 Å². The number of likely N-dealkylation sites (tertiary alicyclic amines) is 1. The predicted octanol–water partition coefficient (Wildman–Crippen LogP) is 3.40. The van der Waals surface area contributed by atoms with Gasteiger partial charge in [0, 0.05) is 18.1 Å². The third-order valence-corrected chi connectivity index (χ3v) is 6.66. The van der Waals surface area contributed by atoms with Crippen molar-refractivity contribution < 1.29 is 0 Å². The third-order valence-electron chi connectivity index (χ3n) is 6.66. The van der Waals surface area contributed by atoms with Crippen molar-refractivity contribution in [2.24, 2.45) is 23.5 Å². The van der Waals surface area contributed by atoms with Crippen LogP contribution in [0.2, 0.25) is 0 Å². The Morgan fingerprint density at radius 1 is 1.11 bits per heavy atom. The van der Waals surface area contributed by atoms with E-state index in [1.165, 1.54) is 57.9 Å². The lowest BCUT2D eigenvalue weighted by Crippen LogP contribution is -2.64. The largest absolute Gasteiger partial charge is 0.329 e. The maximum Gasteiger partial charge on any atom is 0.0360 e. The van der Waals surface area contributed by atoms with Gasteiger partial charge in [0.15, 0.2) is 0 Å². The highest BCUT2D eigenvalue weighted by molar-refractivity contribution is 5.05. The third kappa shape index (κ3) is 2.25. The van der Waals surface area contributed by atoms with E-state index in [4.69, 9.17) is 5.73 Å². The van der Waals surface area contributed by atoms with Crippen LogP contribution >= 0.6 is 0 Å². The first kappa shape index (κ1) is 13.9. The van der Waals surface area contributed by atoms with Crippen LogP contribution in [0, 0.1) is 17.8 Å². The molecule has 5 atom stereocenters. The van der Waals surface area contributed by atoms with Gasteiger partial charge in [0.25, 0.3) is 0 Å². The van der Waals surface area contributed by atoms with Gasteiger partial charge in [-0.15, -0.1) is 0 Å². The van der Waals surface area contributed by atoms with Crippen molar-refractivity contribution in [2.45, 2.75) is 76.8 Å². The maximum absolute atomic E-state index is 6.35. The minimum Gasteiger partial charge on any atom is -0.329 e. The quantitative estimate of drug-likeness (QED) is 0.828. The van der Waals surface area contributed by atoms with Crippen LogP contribution in [0.5, 0.6) is 0 Å². The standard InChI is InChI=1S/C17H32N2/c1-13-8-9-17(12-18,14(2)11-13)19-10-4-6-15-5-3-7-16(15)19/h13-16H,3-12,18H2,1-2H3. The number of piperidine rings is 1. The van der Waals surface area contributed by atoms with Crippen LogP contribution in [0.25, 0.3) is 0 Å². The lowest BCUT2D eigenvalue weighted by Gasteiger charge is -2.56. The molecule has 2 nitrogen and oxygen atoms in total. The molecular weight excluding hydrogens is 232 g/mol. The summed E-state index contributed by atoms with van der Waals surface area (Å²) in [5, 5.41) is 0. The molecule has 0 aromatic rings. The van der Waals surface area contributed by atoms with Gasteiger partial charge in [-0.25, -0.2) is 0 Å². The second-order valence-electron chi connectivity index (χ2n) is 7.68. The summed E-state index contributed by atoms with van der Waals surface area (Å²) < 4.78 is 0. The number of nitrogens with zero attached hydrogens (tertiary/aromatic N) is 1. The second kappa shape index (κ2) is 5.37. The van der Waals surface area contributed by atoms with Gasteiger partial charge in [-0.05, 0) is 69.2 Å². The first-order valence-corrected chi connectivity index (χ1v) is 8.64. The van der Waals surface area contributed by atoms with Gasteiger partial charge in [0.2, 0.25) is 0 Å². The monoisotopic (exact) mass is 264 g/mol. The van der Waals surface area contributed by atoms with Gasteiger partial charge in [-0.3, -0.25) is 4.90 Å². The van der Waals surface area contributed by atoms with E-state index < -0.39 is 0 Å². The van der Waals surface area contributed by atoms with E-state index in [0.29, 0.717) is 5.54 Å². The number of hydrogen-bond acceptors (Lipinski definition) is 2. The maximum atomic E-state index is 6.35. The van der Waals surface area contributed by atoms with Crippen LogP contribution in [-0.2, 0) is 0 Å². The van der Waals surface area contributed by atoms with Crippen LogP contribution in [0.1, 0.15) is 65.2 Å². The summed E-state index contributed by atoms with van der Waals surface area (Å²) in [5.74, 6) is 2.67. The molecule has 1 aliphatic heterocycles. The van der Waals surface area contributed by atoms with Gasteiger partial charge in [-0.1, -0.05) is 20.3 Å². The highest BCUT2D eigenvalue weighted by Gasteiger charge is 2.49. The minimum absolute atomic E-state index is 0.334. The van der Waals surface area contributed by atoms with Crippen molar-refractivity contribution in [2.75, 3.05) is 13.1 Å². The fourth-order valence-corrected chi connectivity index (χ4v) is 5.54. The first-order chi connectivity index (χ1) is 9.17. The number of rotatable bonds is 2. The van der Waals surface area contributed by atoms with Crippen LogP contribution in [0.15, 0.2) is 0 Å². The fraction of sp³-hybridized carbons (Fsp3) is 1.00. The molecule has 2 N–H and O–H groups in total. The molecule has 1 saturated heterocycles. The summed E-state index contributed by atoms with van der Waals surface area (Å²) in [7, 11) is 0. The van der Waals surface area contributed by atoms with Gasteiger partial charge >= 0.3 is 0 Å². The zero-order valence-electron chi connectivity index (χ0n) is 12.9. The Balaban J connectivity index is 1.84. The fourth-order valence-electron chi connectivity index (χ4n) is 5.54. The minimum atomic E-state index is 0.334. The Labute approximate surface area is 119 Å². The lowest BCUT2D eigenvalue weighted by molar-refractivity contribution is -0.0558. The lowest BCUT2D eigenvalue weighted by atomic mass is 9.67. The summed E-state index contributed by atoms with van der Waals surface area (Å²) in [5.41, 5.74) is 6.68. The van der Waals surface area contributed by atoms with Crippen molar-refractivity contribution in [3.05, 3.63) is 0 Å². The molecule has 1 heterocycles. The van der Waals surface area contributed by atoms with Crippen LogP contribution < -0.4 is 5.73 Å². The Morgan fingerprint density at radius 3 is 2.63 bits per heavy atom. The highest BCUT2D eigenvalue weighted by atomic mass is 15.3. The summed E-state index contributed by atoms with van der Waals surface area (Å²) in [6.07, 6.45) is 11.4. The average Bonchev–Trinajstić information content (AvgIpc) is 2.88. The molecule has 0 aromatic heterocycles. The molecule has 2 heteroatoms. The Kier molecular flexibility index (Phi) is 3.92. The SMILES string of the molecule is CC1CCC(CN)(N2CCCC3CCCC32)C(C)C1. The van der Waals surface area contributed by atoms with Crippen molar-refractivity contribution in [3.63, 3.8) is 0 Å². The smallest absolute Gasteiger partial charge is 0.0360 e. The van der Waals surface area contributed by atoms with E-state index >= 15 is 0 Å². The van der Waals surface area contributed by atoms with Crippen molar-refractivity contribution in [1.82, 2.24) is 4.90 Å². The van der Waals surface area contributed by atoms with Crippen molar-refractivity contribution in [1.29, 1.82) is 0 Å². The number of nitrogens with two attached hydrogens (primary N) is 1. The molecule has 0 radical (unpaired) electrons. The van der Waals surface area contributed by atoms with E-state index in [2.05, 4.69) is 18.7 Å². The molecule has 0 bridgehead atoms. The zero-order valence-corrected chi connectivity index (χ0v) is 12.9.